The molecule has 0 spiro atoms. The van der Waals surface area contributed by atoms with Crippen LogP contribution in [0.15, 0.2) is 18.3 Å². The Balaban J connectivity index is 1.41. The van der Waals surface area contributed by atoms with Crippen LogP contribution in [0.25, 0.3) is 22.4 Å². The van der Waals surface area contributed by atoms with Crippen LogP contribution in [-0.2, 0) is 12.8 Å². The minimum Gasteiger partial charge on any atom is -0.338 e. The van der Waals surface area contributed by atoms with E-state index in [1.165, 1.54) is 44.8 Å². The van der Waals surface area contributed by atoms with Crippen molar-refractivity contribution in [2.75, 3.05) is 20.1 Å². The number of unbranched alkanes of at least 4 members (excludes halogenated alkanes) is 1. The first kappa shape index (κ1) is 20.8. The third kappa shape index (κ3) is 4.51. The molecule has 1 fully saturated rings. The molecule has 0 unspecified atom stereocenters. The second-order valence-corrected chi connectivity index (χ2v) is 8.34. The topological polar surface area (TPSA) is 57.7 Å². The summed E-state index contributed by atoms with van der Waals surface area (Å²) in [6, 6.07) is 2.60. The van der Waals surface area contributed by atoms with Crippen LogP contribution >= 0.6 is 0 Å². The van der Waals surface area contributed by atoms with E-state index in [1.807, 2.05) is 6.92 Å². The molecule has 1 aromatic carbocycles. The molecule has 160 valence electrons. The molecule has 0 atom stereocenters. The van der Waals surface area contributed by atoms with Gasteiger partial charge in [-0.25, -0.2) is 23.7 Å². The van der Waals surface area contributed by atoms with Crippen molar-refractivity contribution in [3.8, 4) is 11.4 Å². The first-order valence-corrected chi connectivity index (χ1v) is 10.9. The molecule has 7 heteroatoms. The van der Waals surface area contributed by atoms with Crippen LogP contribution in [0.1, 0.15) is 50.5 Å². The molecule has 0 bridgehead atoms. The van der Waals surface area contributed by atoms with Crippen molar-refractivity contribution >= 4 is 11.0 Å². The number of hydrogen-bond acceptors (Lipinski definition) is 4. The molecule has 4 rings (SSSR count). The van der Waals surface area contributed by atoms with Crippen LogP contribution in [0, 0.1) is 17.6 Å². The summed E-state index contributed by atoms with van der Waals surface area (Å²) in [5, 5.41) is 0. The van der Waals surface area contributed by atoms with E-state index < -0.39 is 11.6 Å². The number of piperidine rings is 1. The Hall–Kier alpha value is -2.41. The van der Waals surface area contributed by atoms with Gasteiger partial charge in [-0.3, -0.25) is 0 Å². The van der Waals surface area contributed by atoms with E-state index in [0.29, 0.717) is 17.8 Å². The van der Waals surface area contributed by atoms with E-state index in [0.717, 1.165) is 41.9 Å². The molecule has 3 aromatic rings. The van der Waals surface area contributed by atoms with Gasteiger partial charge in [-0.2, -0.15) is 0 Å². The molecule has 0 amide bonds. The average Bonchev–Trinajstić information content (AvgIpc) is 3.20. The maximum atomic E-state index is 14.0. The summed E-state index contributed by atoms with van der Waals surface area (Å²) in [5.41, 5.74) is 2.08. The molecule has 30 heavy (non-hydrogen) atoms. The number of H-pyrrole nitrogens is 1. The van der Waals surface area contributed by atoms with Crippen molar-refractivity contribution in [1.29, 1.82) is 0 Å². The van der Waals surface area contributed by atoms with Crippen molar-refractivity contribution in [3.05, 3.63) is 41.5 Å². The maximum Gasteiger partial charge on any atom is 0.186 e. The van der Waals surface area contributed by atoms with Gasteiger partial charge in [0.25, 0.3) is 0 Å². The minimum absolute atomic E-state index is 0.00466. The number of aromatic nitrogens is 4. The second kappa shape index (κ2) is 9.16. The van der Waals surface area contributed by atoms with E-state index in [-0.39, 0.29) is 5.52 Å². The van der Waals surface area contributed by atoms with E-state index in [1.54, 1.807) is 6.20 Å². The van der Waals surface area contributed by atoms with Crippen LogP contribution in [0.3, 0.4) is 0 Å². The number of imidazole rings is 1. The van der Waals surface area contributed by atoms with Gasteiger partial charge in [0, 0.05) is 12.6 Å². The Morgan fingerprint density at radius 3 is 2.70 bits per heavy atom. The first-order chi connectivity index (χ1) is 14.5. The zero-order chi connectivity index (χ0) is 21.1. The van der Waals surface area contributed by atoms with E-state index in [9.17, 15) is 8.78 Å². The second-order valence-electron chi connectivity index (χ2n) is 8.34. The zero-order valence-corrected chi connectivity index (χ0v) is 17.7. The molecule has 1 aliphatic heterocycles. The van der Waals surface area contributed by atoms with Crippen LogP contribution in [-0.4, -0.2) is 45.0 Å². The fourth-order valence-electron chi connectivity index (χ4n) is 4.26. The number of likely N-dealkylation sites (tertiary alicyclic amines) is 1. The highest BCUT2D eigenvalue weighted by atomic mass is 19.2. The van der Waals surface area contributed by atoms with Crippen molar-refractivity contribution in [2.45, 2.75) is 51.9 Å². The van der Waals surface area contributed by atoms with Gasteiger partial charge in [0.2, 0.25) is 0 Å². The van der Waals surface area contributed by atoms with Gasteiger partial charge in [0.1, 0.15) is 17.2 Å². The fraction of sp³-hybridized carbons (Fsp3) is 0.522. The minimum atomic E-state index is -0.935. The van der Waals surface area contributed by atoms with Crippen molar-refractivity contribution < 1.29 is 8.78 Å². The van der Waals surface area contributed by atoms with Gasteiger partial charge in [0.05, 0.1) is 16.8 Å². The highest BCUT2D eigenvalue weighted by Crippen LogP contribution is 2.26. The van der Waals surface area contributed by atoms with Crippen LogP contribution in [0.5, 0.6) is 0 Å². The Labute approximate surface area is 176 Å². The van der Waals surface area contributed by atoms with Crippen LogP contribution in [0.4, 0.5) is 8.78 Å². The maximum absolute atomic E-state index is 14.0. The number of benzene rings is 1. The molecule has 5 nitrogen and oxygen atoms in total. The third-order valence-electron chi connectivity index (χ3n) is 6.15. The number of aromatic amines is 1. The summed E-state index contributed by atoms with van der Waals surface area (Å²) in [6.07, 6.45) is 9.53. The molecular weight excluding hydrogens is 384 g/mol. The Bertz CT molecular complexity index is 1010. The standard InChI is InChI=1S/C23H29F2N5/c1-3-18-16(23-28-19-9-8-17(24)21(25)22(19)29-23)14-26-20(27-18)7-5-4-6-15-10-12-30(2)13-11-15/h8-9,14-15H,3-7,10-13H2,1-2H3,(H,28,29). The number of hydrogen-bond donors (Lipinski definition) is 1. The number of fused-ring (bicyclic) bond motifs is 1. The largest absolute Gasteiger partial charge is 0.338 e. The Kier molecular flexibility index (Phi) is 6.37. The lowest BCUT2D eigenvalue weighted by molar-refractivity contribution is 0.209. The quantitative estimate of drug-likeness (QED) is 0.559. The Morgan fingerprint density at radius 2 is 1.93 bits per heavy atom. The molecule has 1 N–H and O–H groups in total. The zero-order valence-electron chi connectivity index (χ0n) is 17.7. The third-order valence-corrected chi connectivity index (χ3v) is 6.15. The fourth-order valence-corrected chi connectivity index (χ4v) is 4.26. The van der Waals surface area contributed by atoms with Gasteiger partial charge in [0.15, 0.2) is 11.6 Å². The molecule has 0 saturated carbocycles. The SMILES string of the molecule is CCc1nc(CCCCC2CCN(C)CC2)ncc1-c1nc2c(F)c(F)ccc2[nH]1. The predicted octanol–water partition coefficient (Wildman–Crippen LogP) is 4.92. The summed E-state index contributed by atoms with van der Waals surface area (Å²) >= 11 is 0. The summed E-state index contributed by atoms with van der Waals surface area (Å²) in [7, 11) is 2.20. The number of aryl methyl sites for hydroxylation is 2. The highest BCUT2D eigenvalue weighted by molar-refractivity contribution is 5.80. The van der Waals surface area contributed by atoms with E-state index in [4.69, 9.17) is 4.98 Å². The number of rotatable bonds is 7. The normalized spacial score (nSPS) is 15.9. The summed E-state index contributed by atoms with van der Waals surface area (Å²) in [5.74, 6) is 0.333. The number of halogens is 2. The Morgan fingerprint density at radius 1 is 1.13 bits per heavy atom. The van der Waals surface area contributed by atoms with Crippen LogP contribution < -0.4 is 0 Å². The summed E-state index contributed by atoms with van der Waals surface area (Å²) in [4.78, 5) is 19.0. The molecule has 2 aromatic heterocycles. The molecule has 1 aliphatic rings. The van der Waals surface area contributed by atoms with Crippen molar-refractivity contribution in [2.24, 2.45) is 5.92 Å². The van der Waals surface area contributed by atoms with Gasteiger partial charge in [-0.05, 0) is 63.9 Å². The summed E-state index contributed by atoms with van der Waals surface area (Å²) in [6.45, 7) is 4.46. The molecule has 1 saturated heterocycles. The molecular formula is C23H29F2N5. The van der Waals surface area contributed by atoms with Gasteiger partial charge >= 0.3 is 0 Å². The van der Waals surface area contributed by atoms with Crippen molar-refractivity contribution in [3.63, 3.8) is 0 Å². The van der Waals surface area contributed by atoms with Gasteiger partial charge < -0.3 is 9.88 Å². The lowest BCUT2D eigenvalue weighted by Gasteiger charge is -2.28. The lowest BCUT2D eigenvalue weighted by atomic mass is 9.91. The van der Waals surface area contributed by atoms with Crippen LogP contribution in [0.2, 0.25) is 0 Å². The molecule has 0 aliphatic carbocycles. The smallest absolute Gasteiger partial charge is 0.186 e. The first-order valence-electron chi connectivity index (χ1n) is 10.9. The predicted molar refractivity (Wildman–Crippen MR) is 114 cm³/mol. The van der Waals surface area contributed by atoms with Gasteiger partial charge in [-0.1, -0.05) is 19.8 Å². The molecule has 0 radical (unpaired) electrons. The number of nitrogens with one attached hydrogen (secondary N) is 1. The number of nitrogens with zero attached hydrogens (tertiary/aromatic N) is 4. The lowest BCUT2D eigenvalue weighted by Crippen LogP contribution is -2.30. The highest BCUT2D eigenvalue weighted by Gasteiger charge is 2.17. The van der Waals surface area contributed by atoms with E-state index >= 15 is 0 Å². The van der Waals surface area contributed by atoms with E-state index in [2.05, 4.69) is 26.9 Å². The monoisotopic (exact) mass is 413 g/mol. The molecule has 3 heterocycles. The summed E-state index contributed by atoms with van der Waals surface area (Å²) < 4.78 is 27.5. The van der Waals surface area contributed by atoms with Gasteiger partial charge in [-0.15, -0.1) is 0 Å². The average molecular weight is 414 g/mol. The van der Waals surface area contributed by atoms with Crippen molar-refractivity contribution in [1.82, 2.24) is 24.8 Å².